The monoisotopic (exact) mass is 296 g/mol. The van der Waals surface area contributed by atoms with E-state index >= 15 is 0 Å². The van der Waals surface area contributed by atoms with Crippen molar-refractivity contribution in [3.63, 3.8) is 0 Å². The van der Waals surface area contributed by atoms with Crippen LogP contribution < -0.4 is 0 Å². The quantitative estimate of drug-likeness (QED) is 0.754. The first-order valence-electron chi connectivity index (χ1n) is 7.42. The van der Waals surface area contributed by atoms with Gasteiger partial charge >= 0.3 is 0 Å². The van der Waals surface area contributed by atoms with Gasteiger partial charge in [0, 0.05) is 18.7 Å². The number of carbonyl (C=O) groups is 1. The Morgan fingerprint density at radius 2 is 2.19 bits per heavy atom. The van der Waals surface area contributed by atoms with Gasteiger partial charge in [-0.2, -0.15) is 0 Å². The molecule has 1 saturated heterocycles. The lowest BCUT2D eigenvalue weighted by atomic mass is 10.1. The first-order valence-corrected chi connectivity index (χ1v) is 7.42. The van der Waals surface area contributed by atoms with Crippen molar-refractivity contribution in [3.05, 3.63) is 35.4 Å². The smallest absolute Gasteiger partial charge is 0.179 e. The van der Waals surface area contributed by atoms with Crippen LogP contribution >= 0.6 is 0 Å². The second-order valence-electron chi connectivity index (χ2n) is 5.67. The van der Waals surface area contributed by atoms with E-state index in [2.05, 4.69) is 11.8 Å². The van der Waals surface area contributed by atoms with Crippen molar-refractivity contribution >= 4 is 5.78 Å². The zero-order chi connectivity index (χ0) is 15.4. The lowest BCUT2D eigenvalue weighted by Crippen LogP contribution is -2.40. The molecule has 1 aliphatic rings. The molecule has 5 heteroatoms. The molecule has 0 aliphatic carbocycles. The van der Waals surface area contributed by atoms with E-state index in [4.69, 9.17) is 0 Å². The Morgan fingerprint density at radius 3 is 2.86 bits per heavy atom. The minimum Gasteiger partial charge on any atom is -0.299 e. The summed E-state index contributed by atoms with van der Waals surface area (Å²) in [5.74, 6) is -1.76. The Morgan fingerprint density at radius 1 is 1.43 bits per heavy atom. The van der Waals surface area contributed by atoms with E-state index in [9.17, 15) is 13.6 Å². The molecule has 0 radical (unpaired) electrons. The van der Waals surface area contributed by atoms with Gasteiger partial charge in [0.15, 0.2) is 5.78 Å². The third-order valence-electron chi connectivity index (χ3n) is 4.07. The number of benzene rings is 1. The number of Topliss-reactive ketones (excluding diaryl/α,β-unsaturated/α-hetero) is 1. The normalized spacial score (nSPS) is 19.4. The zero-order valence-electron chi connectivity index (χ0n) is 12.6. The molecule has 0 bridgehead atoms. The Labute approximate surface area is 124 Å². The predicted molar refractivity (Wildman–Crippen MR) is 78.5 cm³/mol. The summed E-state index contributed by atoms with van der Waals surface area (Å²) in [6.07, 6.45) is 2.32. The van der Waals surface area contributed by atoms with Gasteiger partial charge in [0.2, 0.25) is 0 Å². The molecule has 1 aromatic rings. The van der Waals surface area contributed by atoms with Gasteiger partial charge in [-0.3, -0.25) is 14.6 Å². The van der Waals surface area contributed by atoms with Crippen molar-refractivity contribution in [2.24, 2.45) is 0 Å². The van der Waals surface area contributed by atoms with Crippen molar-refractivity contribution in [2.45, 2.75) is 25.8 Å². The van der Waals surface area contributed by atoms with Crippen LogP contribution in [0.2, 0.25) is 0 Å². The fourth-order valence-corrected chi connectivity index (χ4v) is 2.99. The summed E-state index contributed by atoms with van der Waals surface area (Å²) < 4.78 is 26.4. The van der Waals surface area contributed by atoms with Crippen LogP contribution in [-0.2, 0) is 0 Å². The van der Waals surface area contributed by atoms with Crippen LogP contribution in [-0.4, -0.2) is 54.9 Å². The van der Waals surface area contributed by atoms with Crippen LogP contribution in [0.3, 0.4) is 0 Å². The van der Waals surface area contributed by atoms with Crippen LogP contribution in [0.25, 0.3) is 0 Å². The van der Waals surface area contributed by atoms with Crippen LogP contribution in [0.15, 0.2) is 18.2 Å². The van der Waals surface area contributed by atoms with Gasteiger partial charge < -0.3 is 0 Å². The van der Waals surface area contributed by atoms with Crippen molar-refractivity contribution < 1.29 is 13.6 Å². The largest absolute Gasteiger partial charge is 0.299 e. The van der Waals surface area contributed by atoms with Crippen molar-refractivity contribution in [3.8, 4) is 0 Å². The molecule has 1 aliphatic heterocycles. The summed E-state index contributed by atoms with van der Waals surface area (Å²) in [4.78, 5) is 16.4. The molecule has 3 nitrogen and oxygen atoms in total. The minimum absolute atomic E-state index is 0.0398. The van der Waals surface area contributed by atoms with E-state index in [1.807, 2.05) is 11.9 Å². The van der Waals surface area contributed by atoms with Crippen molar-refractivity contribution in [1.82, 2.24) is 9.80 Å². The minimum atomic E-state index is -0.788. The number of ketones is 1. The molecule has 1 atom stereocenters. The van der Waals surface area contributed by atoms with E-state index in [0.29, 0.717) is 6.04 Å². The average Bonchev–Trinajstić information content (AvgIpc) is 2.85. The van der Waals surface area contributed by atoms with Gasteiger partial charge in [-0.05, 0) is 45.1 Å². The molecule has 1 aromatic carbocycles. The molecule has 0 amide bonds. The molecule has 1 unspecified atom stereocenters. The molecule has 0 aromatic heterocycles. The molecule has 21 heavy (non-hydrogen) atoms. The summed E-state index contributed by atoms with van der Waals surface area (Å²) in [6, 6.07) is 3.55. The highest BCUT2D eigenvalue weighted by Crippen LogP contribution is 2.17. The fourth-order valence-electron chi connectivity index (χ4n) is 2.99. The van der Waals surface area contributed by atoms with Gasteiger partial charge in [-0.15, -0.1) is 0 Å². The van der Waals surface area contributed by atoms with E-state index < -0.39 is 11.6 Å². The number of nitrogens with zero attached hydrogens (tertiary/aromatic N) is 2. The second-order valence-corrected chi connectivity index (χ2v) is 5.67. The number of hydrogen-bond donors (Lipinski definition) is 0. The highest BCUT2D eigenvalue weighted by Gasteiger charge is 2.25. The molecular formula is C16H22F2N2O. The topological polar surface area (TPSA) is 23.6 Å². The molecule has 0 spiro atoms. The van der Waals surface area contributed by atoms with Gasteiger partial charge in [-0.25, -0.2) is 8.78 Å². The number of likely N-dealkylation sites (tertiary alicyclic amines) is 1. The van der Waals surface area contributed by atoms with Gasteiger partial charge in [0.1, 0.15) is 11.6 Å². The molecular weight excluding hydrogens is 274 g/mol. The molecule has 116 valence electrons. The predicted octanol–water partition coefficient (Wildman–Crippen LogP) is 2.56. The Bertz CT molecular complexity index is 507. The summed E-state index contributed by atoms with van der Waals surface area (Å²) in [5, 5.41) is 0. The summed E-state index contributed by atoms with van der Waals surface area (Å²) in [7, 11) is 1.87. The number of rotatable bonds is 6. The highest BCUT2D eigenvalue weighted by atomic mass is 19.1. The van der Waals surface area contributed by atoms with Gasteiger partial charge in [0.05, 0.1) is 12.1 Å². The number of likely N-dealkylation sites (N-methyl/N-ethyl adjacent to an activating group) is 2. The Hall–Kier alpha value is -1.33. The zero-order valence-corrected chi connectivity index (χ0v) is 12.6. The van der Waals surface area contributed by atoms with E-state index in [1.54, 1.807) is 0 Å². The van der Waals surface area contributed by atoms with Gasteiger partial charge in [0.25, 0.3) is 0 Å². The van der Waals surface area contributed by atoms with Crippen LogP contribution in [0.1, 0.15) is 30.1 Å². The lowest BCUT2D eigenvalue weighted by Gasteiger charge is -2.27. The van der Waals surface area contributed by atoms with E-state index in [1.165, 1.54) is 12.5 Å². The molecule has 0 N–H and O–H groups in total. The molecule has 0 saturated carbocycles. The maximum absolute atomic E-state index is 13.6. The van der Waals surface area contributed by atoms with Crippen molar-refractivity contribution in [2.75, 3.05) is 33.2 Å². The van der Waals surface area contributed by atoms with Crippen LogP contribution in [0.4, 0.5) is 8.78 Å². The highest BCUT2D eigenvalue weighted by molar-refractivity contribution is 5.97. The maximum Gasteiger partial charge on any atom is 0.179 e. The Kier molecular flexibility index (Phi) is 5.42. The summed E-state index contributed by atoms with van der Waals surface area (Å²) in [5.41, 5.74) is -0.0398. The number of hydrogen-bond acceptors (Lipinski definition) is 3. The lowest BCUT2D eigenvalue weighted by molar-refractivity contribution is 0.0925. The molecule has 1 heterocycles. The van der Waals surface area contributed by atoms with Crippen molar-refractivity contribution in [1.29, 1.82) is 0 Å². The summed E-state index contributed by atoms with van der Waals surface area (Å²) >= 11 is 0. The number of halogens is 2. The SMILES string of the molecule is CCN1CCCC1CN(C)CC(=O)c1ccc(F)cc1F. The third-order valence-corrected chi connectivity index (χ3v) is 4.07. The third kappa shape index (κ3) is 4.08. The van der Waals surface area contributed by atoms with Crippen LogP contribution in [0, 0.1) is 11.6 Å². The first-order chi connectivity index (χ1) is 10.0. The number of carbonyl (C=O) groups excluding carboxylic acids is 1. The first kappa shape index (κ1) is 16.0. The molecule has 1 fully saturated rings. The average molecular weight is 296 g/mol. The summed E-state index contributed by atoms with van der Waals surface area (Å²) in [6.45, 7) is 5.20. The van der Waals surface area contributed by atoms with Gasteiger partial charge in [-0.1, -0.05) is 6.92 Å². The second kappa shape index (κ2) is 7.09. The fraction of sp³-hybridized carbons (Fsp3) is 0.562. The van der Waals surface area contributed by atoms with Crippen LogP contribution in [0.5, 0.6) is 0 Å². The maximum atomic E-state index is 13.6. The van der Waals surface area contributed by atoms with E-state index in [0.717, 1.165) is 38.2 Å². The molecule has 2 rings (SSSR count). The standard InChI is InChI=1S/C16H22F2N2O/c1-3-20-8-4-5-13(20)10-19(2)11-16(21)14-7-6-12(17)9-15(14)18/h6-7,9,13H,3-5,8,10-11H2,1-2H3. The Balaban J connectivity index is 1.92. The van der Waals surface area contributed by atoms with E-state index in [-0.39, 0.29) is 17.9 Å².